The predicted octanol–water partition coefficient (Wildman–Crippen LogP) is 3.19. The van der Waals surface area contributed by atoms with Gasteiger partial charge in [-0.15, -0.1) is 0 Å². The van der Waals surface area contributed by atoms with Crippen LogP contribution < -0.4 is 5.32 Å². The Bertz CT molecular complexity index is 212. The zero-order valence-electron chi connectivity index (χ0n) is 11.1. The first kappa shape index (κ1) is 14.5. The minimum Gasteiger partial charge on any atom is -0.481 e. The minimum absolute atomic E-state index is 0.137. The number of aliphatic carboxylic acids is 1. The Kier molecular flexibility index (Phi) is 7.25. The quantitative estimate of drug-likeness (QED) is 0.642. The summed E-state index contributed by atoms with van der Waals surface area (Å²) in [4.78, 5) is 11.2. The third-order valence-corrected chi connectivity index (χ3v) is 3.74. The van der Waals surface area contributed by atoms with Gasteiger partial charge in [0.05, 0.1) is 5.92 Å². The normalized spacial score (nSPS) is 22.3. The van der Waals surface area contributed by atoms with Crippen molar-refractivity contribution in [1.82, 2.24) is 5.32 Å². The maximum atomic E-state index is 11.2. The summed E-state index contributed by atoms with van der Waals surface area (Å²) in [6.45, 7) is 3.24. The van der Waals surface area contributed by atoms with E-state index in [2.05, 4.69) is 12.2 Å². The Labute approximate surface area is 105 Å². The number of piperidine rings is 1. The number of rotatable bonds is 8. The van der Waals surface area contributed by atoms with Gasteiger partial charge in [-0.3, -0.25) is 4.79 Å². The van der Waals surface area contributed by atoms with Gasteiger partial charge in [0.2, 0.25) is 0 Å². The monoisotopic (exact) mass is 241 g/mol. The van der Waals surface area contributed by atoms with E-state index >= 15 is 0 Å². The second-order valence-corrected chi connectivity index (χ2v) is 5.27. The third kappa shape index (κ3) is 6.06. The Morgan fingerprint density at radius 2 is 2.18 bits per heavy atom. The van der Waals surface area contributed by atoms with Crippen LogP contribution in [-0.4, -0.2) is 23.7 Å². The summed E-state index contributed by atoms with van der Waals surface area (Å²) < 4.78 is 0. The number of carboxylic acids is 1. The van der Waals surface area contributed by atoms with Gasteiger partial charge >= 0.3 is 5.97 Å². The predicted molar refractivity (Wildman–Crippen MR) is 70.1 cm³/mol. The standard InChI is InChI=1S/C14H27NO2/c1-2-3-4-5-8-12(14(16)17)11-13-9-6-7-10-15-13/h12-13,15H,2-11H2,1H3,(H,16,17). The van der Waals surface area contributed by atoms with Crippen LogP contribution in [0.4, 0.5) is 0 Å². The molecule has 0 amide bonds. The molecule has 1 rings (SSSR count). The van der Waals surface area contributed by atoms with Crippen LogP contribution in [0.2, 0.25) is 0 Å². The summed E-state index contributed by atoms with van der Waals surface area (Å²) in [7, 11) is 0. The molecule has 17 heavy (non-hydrogen) atoms. The molecule has 0 aromatic rings. The number of carboxylic acid groups (broad SMARTS) is 1. The van der Waals surface area contributed by atoms with E-state index in [1.54, 1.807) is 0 Å². The molecule has 100 valence electrons. The average Bonchev–Trinajstić information content (AvgIpc) is 2.34. The van der Waals surface area contributed by atoms with Crippen molar-refractivity contribution in [3.05, 3.63) is 0 Å². The van der Waals surface area contributed by atoms with Gasteiger partial charge in [0.15, 0.2) is 0 Å². The molecule has 3 nitrogen and oxygen atoms in total. The van der Waals surface area contributed by atoms with E-state index in [4.69, 9.17) is 0 Å². The van der Waals surface area contributed by atoms with Gasteiger partial charge in [0.1, 0.15) is 0 Å². The highest BCUT2D eigenvalue weighted by molar-refractivity contribution is 5.69. The van der Waals surface area contributed by atoms with Crippen molar-refractivity contribution in [2.75, 3.05) is 6.54 Å². The molecule has 0 aliphatic carbocycles. The molecular weight excluding hydrogens is 214 g/mol. The first-order valence-corrected chi connectivity index (χ1v) is 7.20. The molecule has 1 heterocycles. The van der Waals surface area contributed by atoms with Crippen LogP contribution in [0.25, 0.3) is 0 Å². The number of unbranched alkanes of at least 4 members (excludes halogenated alkanes) is 3. The Balaban J connectivity index is 2.24. The summed E-state index contributed by atoms with van der Waals surface area (Å²) in [5, 5.41) is 12.7. The number of carbonyl (C=O) groups is 1. The molecule has 0 bridgehead atoms. The lowest BCUT2D eigenvalue weighted by Gasteiger charge is -2.26. The lowest BCUT2D eigenvalue weighted by atomic mass is 9.90. The van der Waals surface area contributed by atoms with Crippen molar-refractivity contribution in [3.8, 4) is 0 Å². The Morgan fingerprint density at radius 3 is 2.76 bits per heavy atom. The maximum absolute atomic E-state index is 11.2. The van der Waals surface area contributed by atoms with Crippen LogP contribution in [0.3, 0.4) is 0 Å². The van der Waals surface area contributed by atoms with E-state index in [0.717, 1.165) is 32.2 Å². The Morgan fingerprint density at radius 1 is 1.35 bits per heavy atom. The van der Waals surface area contributed by atoms with Crippen molar-refractivity contribution in [1.29, 1.82) is 0 Å². The molecule has 0 radical (unpaired) electrons. The number of nitrogens with one attached hydrogen (secondary N) is 1. The molecule has 0 aromatic carbocycles. The zero-order valence-corrected chi connectivity index (χ0v) is 11.1. The van der Waals surface area contributed by atoms with E-state index in [9.17, 15) is 9.90 Å². The second kappa shape index (κ2) is 8.51. The molecule has 1 fully saturated rings. The average molecular weight is 241 g/mol. The minimum atomic E-state index is -0.603. The van der Waals surface area contributed by atoms with Gasteiger partial charge in [0.25, 0.3) is 0 Å². The van der Waals surface area contributed by atoms with E-state index in [1.807, 2.05) is 0 Å². The van der Waals surface area contributed by atoms with E-state index in [1.165, 1.54) is 32.1 Å². The highest BCUT2D eigenvalue weighted by Gasteiger charge is 2.23. The lowest BCUT2D eigenvalue weighted by Crippen LogP contribution is -2.36. The molecule has 1 aliphatic rings. The van der Waals surface area contributed by atoms with Crippen molar-refractivity contribution in [3.63, 3.8) is 0 Å². The number of hydrogen-bond acceptors (Lipinski definition) is 2. The summed E-state index contributed by atoms with van der Waals surface area (Å²) >= 11 is 0. The SMILES string of the molecule is CCCCCCC(CC1CCCCN1)C(=O)O. The van der Waals surface area contributed by atoms with Crippen LogP contribution in [0.1, 0.15) is 64.7 Å². The number of hydrogen-bond donors (Lipinski definition) is 2. The largest absolute Gasteiger partial charge is 0.481 e. The van der Waals surface area contributed by atoms with Crippen LogP contribution in [0, 0.1) is 5.92 Å². The molecule has 2 atom stereocenters. The van der Waals surface area contributed by atoms with Gasteiger partial charge in [-0.25, -0.2) is 0 Å². The molecule has 1 saturated heterocycles. The smallest absolute Gasteiger partial charge is 0.306 e. The molecule has 0 aromatic heterocycles. The van der Waals surface area contributed by atoms with E-state index in [-0.39, 0.29) is 5.92 Å². The molecule has 0 saturated carbocycles. The van der Waals surface area contributed by atoms with Crippen LogP contribution in [-0.2, 0) is 4.79 Å². The van der Waals surface area contributed by atoms with Crippen molar-refractivity contribution >= 4 is 5.97 Å². The van der Waals surface area contributed by atoms with E-state index < -0.39 is 5.97 Å². The highest BCUT2D eigenvalue weighted by atomic mass is 16.4. The van der Waals surface area contributed by atoms with E-state index in [0.29, 0.717) is 6.04 Å². The van der Waals surface area contributed by atoms with Crippen LogP contribution in [0.5, 0.6) is 0 Å². The van der Waals surface area contributed by atoms with Crippen LogP contribution in [0.15, 0.2) is 0 Å². The summed E-state index contributed by atoms with van der Waals surface area (Å²) in [6.07, 6.45) is 10.0. The molecule has 0 spiro atoms. The molecule has 3 heteroatoms. The molecule has 1 aliphatic heterocycles. The zero-order chi connectivity index (χ0) is 12.5. The summed E-state index contributed by atoms with van der Waals surface area (Å²) in [5.74, 6) is -0.740. The van der Waals surface area contributed by atoms with Crippen molar-refractivity contribution < 1.29 is 9.90 Å². The van der Waals surface area contributed by atoms with Gasteiger partial charge < -0.3 is 10.4 Å². The third-order valence-electron chi connectivity index (χ3n) is 3.74. The summed E-state index contributed by atoms with van der Waals surface area (Å²) in [5.41, 5.74) is 0. The fraction of sp³-hybridized carbons (Fsp3) is 0.929. The Hall–Kier alpha value is -0.570. The van der Waals surface area contributed by atoms with Crippen molar-refractivity contribution in [2.45, 2.75) is 70.8 Å². The second-order valence-electron chi connectivity index (χ2n) is 5.27. The molecule has 2 unspecified atom stereocenters. The molecule has 2 N–H and O–H groups in total. The topological polar surface area (TPSA) is 49.3 Å². The van der Waals surface area contributed by atoms with Crippen LogP contribution >= 0.6 is 0 Å². The maximum Gasteiger partial charge on any atom is 0.306 e. The fourth-order valence-corrected chi connectivity index (χ4v) is 2.63. The van der Waals surface area contributed by atoms with Gasteiger partial charge in [0, 0.05) is 6.04 Å². The highest BCUT2D eigenvalue weighted by Crippen LogP contribution is 2.20. The van der Waals surface area contributed by atoms with Gasteiger partial charge in [-0.2, -0.15) is 0 Å². The van der Waals surface area contributed by atoms with Crippen molar-refractivity contribution in [2.24, 2.45) is 5.92 Å². The fourth-order valence-electron chi connectivity index (χ4n) is 2.63. The first-order valence-electron chi connectivity index (χ1n) is 7.20. The van der Waals surface area contributed by atoms with Gasteiger partial charge in [-0.1, -0.05) is 39.0 Å². The lowest BCUT2D eigenvalue weighted by molar-refractivity contribution is -0.142. The first-order chi connectivity index (χ1) is 8.24. The summed E-state index contributed by atoms with van der Waals surface area (Å²) in [6, 6.07) is 0.441. The molecular formula is C14H27NO2. The van der Waals surface area contributed by atoms with Gasteiger partial charge in [-0.05, 0) is 32.2 Å².